The van der Waals surface area contributed by atoms with E-state index in [4.69, 9.17) is 0 Å². The average Bonchev–Trinajstić information content (AvgIpc) is 3.40. The Kier molecular flexibility index (Phi) is 3.64. The van der Waals surface area contributed by atoms with E-state index in [9.17, 15) is 4.79 Å². The number of benzene rings is 1. The number of thiophene rings is 1. The van der Waals surface area contributed by atoms with Crippen molar-refractivity contribution in [2.45, 2.75) is 25.3 Å². The number of rotatable bonds is 3. The van der Waals surface area contributed by atoms with E-state index in [1.807, 2.05) is 29.0 Å². The molecule has 130 valence electrons. The molecule has 26 heavy (non-hydrogen) atoms. The highest BCUT2D eigenvalue weighted by Gasteiger charge is 2.26. The highest BCUT2D eigenvalue weighted by atomic mass is 32.1. The Hall–Kier alpha value is -2.86. The third-order valence-corrected chi connectivity index (χ3v) is 5.74. The number of carbonyl (C=O) groups is 1. The summed E-state index contributed by atoms with van der Waals surface area (Å²) in [5.74, 6) is -0.115. The van der Waals surface area contributed by atoms with Gasteiger partial charge in [-0.3, -0.25) is 9.89 Å². The van der Waals surface area contributed by atoms with Crippen LogP contribution in [0.3, 0.4) is 0 Å². The topological polar surface area (TPSA) is 73.6 Å². The maximum Gasteiger partial charge on any atom is 0.269 e. The van der Waals surface area contributed by atoms with Gasteiger partial charge in [-0.2, -0.15) is 16.4 Å². The summed E-state index contributed by atoms with van der Waals surface area (Å²) in [6, 6.07) is 12.2. The maximum absolute atomic E-state index is 12.7. The summed E-state index contributed by atoms with van der Waals surface area (Å²) in [4.78, 5) is 16.2. The zero-order valence-corrected chi connectivity index (χ0v) is 14.9. The van der Waals surface area contributed by atoms with Gasteiger partial charge in [-0.25, -0.2) is 0 Å². The Balaban J connectivity index is 1.41. The average molecular weight is 362 g/mol. The van der Waals surface area contributed by atoms with Crippen molar-refractivity contribution in [2.24, 2.45) is 0 Å². The van der Waals surface area contributed by atoms with E-state index in [0.29, 0.717) is 5.69 Å². The van der Waals surface area contributed by atoms with Crippen LogP contribution in [0.25, 0.3) is 22.2 Å². The highest BCUT2D eigenvalue weighted by Crippen LogP contribution is 2.34. The van der Waals surface area contributed by atoms with Gasteiger partial charge in [0, 0.05) is 27.5 Å². The molecular formula is C20H18N4OS. The molecule has 0 saturated heterocycles. The van der Waals surface area contributed by atoms with Crippen LogP contribution in [-0.2, 0) is 6.42 Å². The van der Waals surface area contributed by atoms with Crippen molar-refractivity contribution in [1.82, 2.24) is 20.5 Å². The van der Waals surface area contributed by atoms with Gasteiger partial charge in [0.15, 0.2) is 0 Å². The van der Waals surface area contributed by atoms with Crippen molar-refractivity contribution in [3.8, 4) is 11.3 Å². The number of aryl methyl sites for hydroxylation is 1. The van der Waals surface area contributed by atoms with Crippen molar-refractivity contribution in [3.63, 3.8) is 0 Å². The molecule has 4 aromatic rings. The van der Waals surface area contributed by atoms with E-state index in [1.165, 1.54) is 10.9 Å². The summed E-state index contributed by atoms with van der Waals surface area (Å²) in [5.41, 5.74) is 5.94. The predicted molar refractivity (Wildman–Crippen MR) is 103 cm³/mol. The first-order chi connectivity index (χ1) is 12.8. The Morgan fingerprint density at radius 3 is 3.08 bits per heavy atom. The number of fused-ring (bicyclic) bond motifs is 3. The number of nitrogens with zero attached hydrogens (tertiary/aromatic N) is 1. The third-order valence-electron chi connectivity index (χ3n) is 5.06. The smallest absolute Gasteiger partial charge is 0.269 e. The minimum atomic E-state index is -0.115. The fraction of sp³-hybridized carbons (Fsp3) is 0.200. The summed E-state index contributed by atoms with van der Waals surface area (Å²) in [5, 5.41) is 15.6. The van der Waals surface area contributed by atoms with Crippen molar-refractivity contribution < 1.29 is 4.79 Å². The van der Waals surface area contributed by atoms with Crippen molar-refractivity contribution in [3.05, 3.63) is 64.1 Å². The fourth-order valence-electron chi connectivity index (χ4n) is 3.79. The normalized spacial score (nSPS) is 16.5. The standard InChI is InChI=1S/C20H18N4OS/c25-20(18-10-17(23-24-18)12-8-9-26-11-12)22-16-7-3-5-14-13-4-1-2-6-15(13)21-19(14)16/h1-2,4,6,8-11,16,21H,3,5,7H2,(H,22,25)(H,23,24)/t16-/m1/s1. The van der Waals surface area contributed by atoms with Crippen LogP contribution in [0.2, 0.25) is 0 Å². The van der Waals surface area contributed by atoms with E-state index >= 15 is 0 Å². The van der Waals surface area contributed by atoms with Crippen LogP contribution >= 0.6 is 11.3 Å². The minimum absolute atomic E-state index is 0.00606. The summed E-state index contributed by atoms with van der Waals surface area (Å²) < 4.78 is 0. The second-order valence-electron chi connectivity index (χ2n) is 6.66. The number of hydrogen-bond donors (Lipinski definition) is 3. The molecule has 1 aromatic carbocycles. The second kappa shape index (κ2) is 6.14. The lowest BCUT2D eigenvalue weighted by atomic mass is 9.91. The van der Waals surface area contributed by atoms with Crippen molar-refractivity contribution >= 4 is 28.1 Å². The van der Waals surface area contributed by atoms with Gasteiger partial charge in [-0.05, 0) is 48.4 Å². The SMILES string of the molecule is O=C(N[C@@H]1CCCc2c1[nH]c1ccccc21)c1cc(-c2ccsc2)n[nH]1. The van der Waals surface area contributed by atoms with Crippen LogP contribution in [0.1, 0.15) is 40.6 Å². The second-order valence-corrected chi connectivity index (χ2v) is 7.44. The third kappa shape index (κ3) is 2.54. The lowest BCUT2D eigenvalue weighted by molar-refractivity contribution is 0.0927. The first kappa shape index (κ1) is 15.4. The molecule has 0 aliphatic heterocycles. The summed E-state index contributed by atoms with van der Waals surface area (Å²) >= 11 is 1.62. The first-order valence-electron chi connectivity index (χ1n) is 8.78. The molecule has 0 saturated carbocycles. The van der Waals surface area contributed by atoms with Gasteiger partial charge in [0.1, 0.15) is 5.69 Å². The van der Waals surface area contributed by atoms with E-state index in [2.05, 4.69) is 38.7 Å². The van der Waals surface area contributed by atoms with Crippen molar-refractivity contribution in [2.75, 3.05) is 0 Å². The fourth-order valence-corrected chi connectivity index (χ4v) is 4.44. The van der Waals surface area contributed by atoms with Crippen LogP contribution in [0.15, 0.2) is 47.2 Å². The lowest BCUT2D eigenvalue weighted by Gasteiger charge is -2.23. The molecule has 1 amide bonds. The van der Waals surface area contributed by atoms with Crippen LogP contribution in [0.5, 0.6) is 0 Å². The van der Waals surface area contributed by atoms with E-state index in [0.717, 1.165) is 41.7 Å². The van der Waals surface area contributed by atoms with Gasteiger partial charge in [-0.15, -0.1) is 0 Å². The zero-order chi connectivity index (χ0) is 17.5. The molecule has 5 nitrogen and oxygen atoms in total. The molecule has 6 heteroatoms. The van der Waals surface area contributed by atoms with Crippen LogP contribution < -0.4 is 5.32 Å². The predicted octanol–water partition coefficient (Wildman–Crippen LogP) is 4.43. The van der Waals surface area contributed by atoms with Crippen LogP contribution in [0, 0.1) is 0 Å². The number of para-hydroxylation sites is 1. The number of H-pyrrole nitrogens is 2. The number of aromatic nitrogens is 3. The largest absolute Gasteiger partial charge is 0.356 e. The van der Waals surface area contributed by atoms with Crippen LogP contribution in [0.4, 0.5) is 0 Å². The zero-order valence-electron chi connectivity index (χ0n) is 14.1. The number of carbonyl (C=O) groups excluding carboxylic acids is 1. The maximum atomic E-state index is 12.7. The molecular weight excluding hydrogens is 344 g/mol. The molecule has 5 rings (SSSR count). The molecule has 0 radical (unpaired) electrons. The minimum Gasteiger partial charge on any atom is -0.356 e. The van der Waals surface area contributed by atoms with Crippen LogP contribution in [-0.4, -0.2) is 21.1 Å². The van der Waals surface area contributed by atoms with Gasteiger partial charge in [0.05, 0.1) is 11.7 Å². The first-order valence-corrected chi connectivity index (χ1v) is 9.72. The van der Waals surface area contributed by atoms with Gasteiger partial charge in [0.2, 0.25) is 0 Å². The molecule has 3 aromatic heterocycles. The summed E-state index contributed by atoms with van der Waals surface area (Å²) in [6.45, 7) is 0. The van der Waals surface area contributed by atoms with Crippen molar-refractivity contribution in [1.29, 1.82) is 0 Å². The Bertz CT molecular complexity index is 1080. The number of aromatic amines is 2. The Morgan fingerprint density at radius 2 is 2.19 bits per heavy atom. The molecule has 0 unspecified atom stereocenters. The molecule has 1 aliphatic rings. The number of nitrogens with one attached hydrogen (secondary N) is 3. The lowest BCUT2D eigenvalue weighted by Crippen LogP contribution is -2.31. The Morgan fingerprint density at radius 1 is 1.27 bits per heavy atom. The highest BCUT2D eigenvalue weighted by molar-refractivity contribution is 7.08. The Labute approximate surface area is 154 Å². The number of hydrogen-bond acceptors (Lipinski definition) is 3. The molecule has 0 bridgehead atoms. The van der Waals surface area contributed by atoms with Gasteiger partial charge >= 0.3 is 0 Å². The van der Waals surface area contributed by atoms with Gasteiger partial charge in [0.25, 0.3) is 5.91 Å². The summed E-state index contributed by atoms with van der Waals surface area (Å²) in [6.07, 6.45) is 3.07. The molecule has 3 N–H and O–H groups in total. The monoisotopic (exact) mass is 362 g/mol. The molecule has 0 fully saturated rings. The summed E-state index contributed by atoms with van der Waals surface area (Å²) in [7, 11) is 0. The quantitative estimate of drug-likeness (QED) is 0.504. The van der Waals surface area contributed by atoms with Gasteiger partial charge < -0.3 is 10.3 Å². The molecule has 0 spiro atoms. The molecule has 1 aliphatic carbocycles. The van der Waals surface area contributed by atoms with Gasteiger partial charge in [-0.1, -0.05) is 18.2 Å². The molecule has 3 heterocycles. The van der Waals surface area contributed by atoms with E-state index in [-0.39, 0.29) is 11.9 Å². The number of amides is 1. The van der Waals surface area contributed by atoms with E-state index < -0.39 is 0 Å². The molecule has 1 atom stereocenters. The van der Waals surface area contributed by atoms with E-state index in [1.54, 1.807) is 11.3 Å².